The lowest BCUT2D eigenvalue weighted by atomic mass is 9.71. The predicted molar refractivity (Wildman–Crippen MR) is 80.9 cm³/mol. The van der Waals surface area contributed by atoms with Crippen molar-refractivity contribution in [3.63, 3.8) is 0 Å². The van der Waals surface area contributed by atoms with E-state index in [1.165, 1.54) is 0 Å². The first-order chi connectivity index (χ1) is 9.39. The Morgan fingerprint density at radius 3 is 2.65 bits per heavy atom. The fourth-order valence-electron chi connectivity index (χ4n) is 3.04. The Balaban J connectivity index is 2.64. The molecule has 0 N–H and O–H groups in total. The summed E-state index contributed by atoms with van der Waals surface area (Å²) in [4.78, 5) is 14.5. The van der Waals surface area contributed by atoms with E-state index in [0.29, 0.717) is 25.0 Å². The summed E-state index contributed by atoms with van der Waals surface area (Å²) in [7, 11) is 3.44. The normalized spacial score (nSPS) is 24.1. The highest BCUT2D eigenvalue weighted by Crippen LogP contribution is 2.37. The highest BCUT2D eigenvalue weighted by molar-refractivity contribution is 5.82. The van der Waals surface area contributed by atoms with E-state index in [4.69, 9.17) is 9.47 Å². The van der Waals surface area contributed by atoms with Gasteiger partial charge in [0.2, 0.25) is 0 Å². The van der Waals surface area contributed by atoms with Gasteiger partial charge >= 0.3 is 0 Å². The van der Waals surface area contributed by atoms with E-state index in [1.807, 2.05) is 0 Å². The van der Waals surface area contributed by atoms with Gasteiger partial charge in [-0.1, -0.05) is 13.8 Å². The summed E-state index contributed by atoms with van der Waals surface area (Å²) in [6.45, 7) is 9.75. The van der Waals surface area contributed by atoms with Crippen LogP contribution in [0.15, 0.2) is 0 Å². The van der Waals surface area contributed by atoms with Crippen molar-refractivity contribution in [2.45, 2.75) is 46.1 Å². The molecular weight excluding hydrogens is 254 g/mol. The molecule has 0 heterocycles. The minimum atomic E-state index is 0.162. The van der Waals surface area contributed by atoms with Gasteiger partial charge in [0.25, 0.3) is 0 Å². The van der Waals surface area contributed by atoms with Crippen molar-refractivity contribution in [1.82, 2.24) is 4.90 Å². The zero-order valence-electron chi connectivity index (χ0n) is 13.8. The van der Waals surface area contributed by atoms with Gasteiger partial charge in [0.05, 0.1) is 13.2 Å². The van der Waals surface area contributed by atoms with Gasteiger partial charge in [-0.25, -0.2) is 0 Å². The number of Topliss-reactive ketones (excluding diaryl/α,β-unsaturated/α-hetero) is 1. The fourth-order valence-corrected chi connectivity index (χ4v) is 3.04. The molecule has 0 aromatic heterocycles. The topological polar surface area (TPSA) is 38.8 Å². The highest BCUT2D eigenvalue weighted by Gasteiger charge is 2.35. The largest absolute Gasteiger partial charge is 0.383 e. The summed E-state index contributed by atoms with van der Waals surface area (Å²) >= 11 is 0. The van der Waals surface area contributed by atoms with Crippen LogP contribution in [0.3, 0.4) is 0 Å². The molecule has 0 spiro atoms. The SMILES string of the molecule is COCCN(CC1CC(C)(C)CCC1=O)C(C)COC. The number of methoxy groups -OCH3 is 2. The third kappa shape index (κ3) is 5.51. The monoisotopic (exact) mass is 285 g/mol. The lowest BCUT2D eigenvalue weighted by Gasteiger charge is -2.38. The summed E-state index contributed by atoms with van der Waals surface area (Å²) in [6.07, 6.45) is 2.75. The lowest BCUT2D eigenvalue weighted by Crippen LogP contribution is -2.45. The van der Waals surface area contributed by atoms with Gasteiger partial charge in [0.15, 0.2) is 0 Å². The minimum absolute atomic E-state index is 0.162. The number of carbonyl (C=O) groups is 1. The van der Waals surface area contributed by atoms with Gasteiger partial charge in [-0.3, -0.25) is 9.69 Å². The first kappa shape index (κ1) is 17.6. The van der Waals surface area contributed by atoms with Crippen LogP contribution in [0, 0.1) is 11.3 Å². The van der Waals surface area contributed by atoms with E-state index in [-0.39, 0.29) is 11.3 Å². The van der Waals surface area contributed by atoms with Crippen LogP contribution in [0.4, 0.5) is 0 Å². The van der Waals surface area contributed by atoms with E-state index in [2.05, 4.69) is 25.7 Å². The molecule has 118 valence electrons. The standard InChI is InChI=1S/C16H31NO3/c1-13(12-20-5)17(8-9-19-4)11-14-10-16(2,3)7-6-15(14)18/h13-14H,6-12H2,1-5H3. The maximum Gasteiger partial charge on any atom is 0.137 e. The molecule has 0 saturated heterocycles. The second kappa shape index (κ2) is 8.11. The predicted octanol–water partition coefficient (Wildman–Crippen LogP) is 2.37. The van der Waals surface area contributed by atoms with Crippen LogP contribution in [0.2, 0.25) is 0 Å². The summed E-state index contributed by atoms with van der Waals surface area (Å²) in [6, 6.07) is 0.313. The first-order valence-electron chi connectivity index (χ1n) is 7.64. The quantitative estimate of drug-likeness (QED) is 0.686. The van der Waals surface area contributed by atoms with Crippen molar-refractivity contribution in [3.05, 3.63) is 0 Å². The van der Waals surface area contributed by atoms with Crippen molar-refractivity contribution in [2.75, 3.05) is 40.5 Å². The minimum Gasteiger partial charge on any atom is -0.383 e. The molecule has 2 atom stereocenters. The maximum absolute atomic E-state index is 12.2. The molecule has 4 heteroatoms. The molecule has 4 nitrogen and oxygen atoms in total. The fraction of sp³-hybridized carbons (Fsp3) is 0.938. The number of carbonyl (C=O) groups excluding carboxylic acids is 1. The molecule has 0 bridgehead atoms. The second-order valence-electron chi connectivity index (χ2n) is 6.82. The van der Waals surface area contributed by atoms with Crippen LogP contribution in [0.5, 0.6) is 0 Å². The Kier molecular flexibility index (Phi) is 7.13. The van der Waals surface area contributed by atoms with E-state index >= 15 is 0 Å². The molecule has 2 unspecified atom stereocenters. The van der Waals surface area contributed by atoms with E-state index < -0.39 is 0 Å². The van der Waals surface area contributed by atoms with Crippen LogP contribution in [-0.4, -0.2) is 57.2 Å². The van der Waals surface area contributed by atoms with Crippen molar-refractivity contribution in [3.8, 4) is 0 Å². The molecule has 0 amide bonds. The van der Waals surface area contributed by atoms with Crippen molar-refractivity contribution in [1.29, 1.82) is 0 Å². The Morgan fingerprint density at radius 1 is 1.35 bits per heavy atom. The average Bonchev–Trinajstić information content (AvgIpc) is 2.38. The molecular formula is C16H31NO3. The van der Waals surface area contributed by atoms with Gasteiger partial charge in [-0.05, 0) is 25.2 Å². The smallest absolute Gasteiger partial charge is 0.137 e. The van der Waals surface area contributed by atoms with Gasteiger partial charge in [0, 0.05) is 45.7 Å². The molecule has 0 radical (unpaired) electrons. The third-order valence-electron chi connectivity index (χ3n) is 4.37. The van der Waals surface area contributed by atoms with E-state index in [9.17, 15) is 4.79 Å². The van der Waals surface area contributed by atoms with Crippen LogP contribution >= 0.6 is 0 Å². The maximum atomic E-state index is 12.2. The Morgan fingerprint density at radius 2 is 2.05 bits per heavy atom. The van der Waals surface area contributed by atoms with Gasteiger partial charge in [0.1, 0.15) is 5.78 Å². The molecule has 0 aromatic carbocycles. The van der Waals surface area contributed by atoms with E-state index in [0.717, 1.165) is 32.4 Å². The zero-order valence-corrected chi connectivity index (χ0v) is 13.8. The zero-order chi connectivity index (χ0) is 15.2. The van der Waals surface area contributed by atoms with Crippen LogP contribution in [0.1, 0.15) is 40.0 Å². The molecule has 1 aliphatic rings. The first-order valence-corrected chi connectivity index (χ1v) is 7.64. The Labute approximate surface area is 123 Å². The number of hydrogen-bond acceptors (Lipinski definition) is 4. The van der Waals surface area contributed by atoms with E-state index in [1.54, 1.807) is 14.2 Å². The summed E-state index contributed by atoms with van der Waals surface area (Å²) in [5.41, 5.74) is 0.288. The molecule has 20 heavy (non-hydrogen) atoms. The Bertz CT molecular complexity index is 304. The highest BCUT2D eigenvalue weighted by atomic mass is 16.5. The molecule has 1 saturated carbocycles. The number of ketones is 1. The Hall–Kier alpha value is -0.450. The van der Waals surface area contributed by atoms with Crippen molar-refractivity contribution >= 4 is 5.78 Å². The average molecular weight is 285 g/mol. The third-order valence-corrected chi connectivity index (χ3v) is 4.37. The number of rotatable bonds is 8. The second-order valence-corrected chi connectivity index (χ2v) is 6.82. The number of hydrogen-bond donors (Lipinski definition) is 0. The number of ether oxygens (including phenoxy) is 2. The van der Waals surface area contributed by atoms with Gasteiger partial charge < -0.3 is 9.47 Å². The van der Waals surface area contributed by atoms with Gasteiger partial charge in [-0.15, -0.1) is 0 Å². The van der Waals surface area contributed by atoms with Gasteiger partial charge in [-0.2, -0.15) is 0 Å². The van der Waals surface area contributed by atoms with Crippen LogP contribution < -0.4 is 0 Å². The molecule has 1 rings (SSSR count). The molecule has 1 fully saturated rings. The molecule has 0 aliphatic heterocycles. The molecule has 1 aliphatic carbocycles. The summed E-state index contributed by atoms with van der Waals surface area (Å²) in [5, 5.41) is 0. The van der Waals surface area contributed by atoms with Crippen LogP contribution in [0.25, 0.3) is 0 Å². The summed E-state index contributed by atoms with van der Waals surface area (Å²) in [5.74, 6) is 0.589. The van der Waals surface area contributed by atoms with Crippen molar-refractivity contribution in [2.24, 2.45) is 11.3 Å². The lowest BCUT2D eigenvalue weighted by molar-refractivity contribution is -0.128. The van der Waals surface area contributed by atoms with Crippen molar-refractivity contribution < 1.29 is 14.3 Å². The van der Waals surface area contributed by atoms with Crippen LogP contribution in [-0.2, 0) is 14.3 Å². The molecule has 0 aromatic rings. The summed E-state index contributed by atoms with van der Waals surface area (Å²) < 4.78 is 10.4. The number of nitrogens with zero attached hydrogens (tertiary/aromatic N) is 1.